The Kier molecular flexibility index (Phi) is 3.02. The molecule has 1 aliphatic heterocycles. The molecule has 0 aromatic rings. The molecule has 5 nitrogen and oxygen atoms in total. The van der Waals surface area contributed by atoms with E-state index in [4.69, 9.17) is 13.7 Å². The lowest BCUT2D eigenvalue weighted by Gasteiger charge is -2.54. The normalized spacial score (nSPS) is 43.6. The summed E-state index contributed by atoms with van der Waals surface area (Å²) in [6, 6.07) is 0. The van der Waals surface area contributed by atoms with Crippen LogP contribution < -0.4 is 0 Å². The van der Waals surface area contributed by atoms with Crippen molar-refractivity contribution in [3.05, 3.63) is 0 Å². The molecule has 3 saturated carbocycles. The molecule has 1 saturated heterocycles. The minimum atomic E-state index is -3.39. The number of hydrogen-bond donors (Lipinski definition) is 0. The van der Waals surface area contributed by atoms with Crippen LogP contribution in [-0.4, -0.2) is 38.8 Å². The summed E-state index contributed by atoms with van der Waals surface area (Å²) in [4.78, 5) is 0. The summed E-state index contributed by atoms with van der Waals surface area (Å²) in [5.74, 6) is 0.672. The Morgan fingerprint density at radius 2 is 1.95 bits per heavy atom. The number of rotatable bonds is 4. The molecule has 0 spiro atoms. The molecule has 0 aromatic carbocycles. The Hall–Kier alpha value is -0.170. The first kappa shape index (κ1) is 13.8. The zero-order valence-corrected chi connectivity index (χ0v) is 12.5. The van der Waals surface area contributed by atoms with Crippen molar-refractivity contribution in [2.24, 2.45) is 11.8 Å². The van der Waals surface area contributed by atoms with Crippen molar-refractivity contribution >= 4 is 10.1 Å². The van der Waals surface area contributed by atoms with Crippen molar-refractivity contribution < 1.29 is 22.1 Å². The first-order valence-corrected chi connectivity index (χ1v) is 8.74. The maximum atomic E-state index is 11.1. The summed E-state index contributed by atoms with van der Waals surface area (Å²) >= 11 is 0. The van der Waals surface area contributed by atoms with Gasteiger partial charge in [-0.25, -0.2) is 0 Å². The predicted molar refractivity (Wildman–Crippen MR) is 69.0 cm³/mol. The highest BCUT2D eigenvalue weighted by Crippen LogP contribution is 2.59. The summed E-state index contributed by atoms with van der Waals surface area (Å²) in [6.07, 6.45) is 5.13. The van der Waals surface area contributed by atoms with Gasteiger partial charge in [0.1, 0.15) is 5.60 Å². The Bertz CT molecular complexity index is 465. The SMILES string of the molecule is CC1(C)O[C@H]2C[C@H]3C[C@H](C3)[C@@]2(CCOS(C)(=O)=O)O1. The molecule has 6 heteroatoms. The molecule has 4 aliphatic rings. The van der Waals surface area contributed by atoms with Crippen molar-refractivity contribution in [2.45, 2.75) is 57.0 Å². The van der Waals surface area contributed by atoms with Gasteiger partial charge >= 0.3 is 0 Å². The average Bonchev–Trinajstić information content (AvgIpc) is 2.43. The average molecular weight is 290 g/mol. The topological polar surface area (TPSA) is 61.8 Å². The van der Waals surface area contributed by atoms with Gasteiger partial charge < -0.3 is 9.47 Å². The third-order valence-electron chi connectivity index (χ3n) is 4.67. The van der Waals surface area contributed by atoms with Gasteiger partial charge in [-0.2, -0.15) is 8.42 Å². The van der Waals surface area contributed by atoms with Crippen LogP contribution in [0.1, 0.15) is 39.5 Å². The molecular weight excluding hydrogens is 268 g/mol. The van der Waals surface area contributed by atoms with E-state index >= 15 is 0 Å². The van der Waals surface area contributed by atoms with Crippen LogP contribution >= 0.6 is 0 Å². The molecule has 4 fully saturated rings. The fourth-order valence-corrected chi connectivity index (χ4v) is 4.37. The van der Waals surface area contributed by atoms with Crippen molar-refractivity contribution in [1.82, 2.24) is 0 Å². The van der Waals surface area contributed by atoms with Crippen LogP contribution in [0.4, 0.5) is 0 Å². The highest BCUT2D eigenvalue weighted by molar-refractivity contribution is 7.85. The summed E-state index contributed by atoms with van der Waals surface area (Å²) in [5, 5.41) is 0. The molecule has 0 radical (unpaired) electrons. The van der Waals surface area contributed by atoms with E-state index in [1.165, 1.54) is 12.8 Å². The number of hydrogen-bond acceptors (Lipinski definition) is 5. The smallest absolute Gasteiger partial charge is 0.264 e. The van der Waals surface area contributed by atoms with Gasteiger partial charge in [0.05, 0.1) is 19.0 Å². The lowest BCUT2D eigenvalue weighted by atomic mass is 9.55. The molecule has 0 aromatic heterocycles. The Morgan fingerprint density at radius 3 is 2.58 bits per heavy atom. The Balaban J connectivity index is 1.74. The Labute approximate surface area is 114 Å². The molecule has 0 N–H and O–H groups in total. The zero-order valence-electron chi connectivity index (χ0n) is 11.7. The van der Waals surface area contributed by atoms with Gasteiger partial charge in [-0.1, -0.05) is 0 Å². The fraction of sp³-hybridized carbons (Fsp3) is 1.00. The minimum Gasteiger partial charge on any atom is -0.344 e. The van der Waals surface area contributed by atoms with E-state index in [2.05, 4.69) is 0 Å². The highest BCUT2D eigenvalue weighted by Gasteiger charge is 2.63. The lowest BCUT2D eigenvalue weighted by molar-refractivity contribution is -0.189. The van der Waals surface area contributed by atoms with Gasteiger partial charge in [0, 0.05) is 6.42 Å². The molecule has 2 bridgehead atoms. The minimum absolute atomic E-state index is 0.0863. The van der Waals surface area contributed by atoms with Gasteiger partial charge in [0.2, 0.25) is 0 Å². The maximum Gasteiger partial charge on any atom is 0.264 e. The molecule has 0 unspecified atom stereocenters. The maximum absolute atomic E-state index is 11.1. The van der Waals surface area contributed by atoms with Crippen LogP contribution in [0.3, 0.4) is 0 Å². The molecule has 3 aliphatic carbocycles. The molecule has 2 atom stereocenters. The fourth-order valence-electron chi connectivity index (χ4n) is 3.98. The van der Waals surface area contributed by atoms with E-state index in [0.29, 0.717) is 12.3 Å². The molecule has 19 heavy (non-hydrogen) atoms. The van der Waals surface area contributed by atoms with Gasteiger partial charge in [-0.15, -0.1) is 0 Å². The first-order valence-electron chi connectivity index (χ1n) is 6.93. The van der Waals surface area contributed by atoms with E-state index in [9.17, 15) is 8.42 Å². The standard InChI is InChI=1S/C13H22O5S/c1-12(2)17-11-8-9-6-10(7-9)13(11,18-12)4-5-16-19(3,14)15/h9-11H,4-8H2,1-3H3/t9-,10+,11-,13+/m0/s1. The van der Waals surface area contributed by atoms with Crippen molar-refractivity contribution in [3.8, 4) is 0 Å². The third-order valence-corrected chi connectivity index (χ3v) is 5.27. The van der Waals surface area contributed by atoms with Crippen LogP contribution in [0.15, 0.2) is 0 Å². The van der Waals surface area contributed by atoms with Gasteiger partial charge in [-0.05, 0) is 44.9 Å². The molecule has 110 valence electrons. The van der Waals surface area contributed by atoms with Gasteiger partial charge in [0.15, 0.2) is 5.79 Å². The largest absolute Gasteiger partial charge is 0.344 e. The summed E-state index contributed by atoms with van der Waals surface area (Å²) < 4.78 is 39.3. The quantitative estimate of drug-likeness (QED) is 0.737. The van der Waals surface area contributed by atoms with Crippen molar-refractivity contribution in [2.75, 3.05) is 12.9 Å². The van der Waals surface area contributed by atoms with Crippen LogP contribution in [-0.2, 0) is 23.8 Å². The van der Waals surface area contributed by atoms with Gasteiger partial charge in [0.25, 0.3) is 10.1 Å². The number of ether oxygens (including phenoxy) is 2. The second-order valence-corrected chi connectivity index (χ2v) is 8.25. The molecule has 4 rings (SSSR count). The van der Waals surface area contributed by atoms with E-state index in [0.717, 1.165) is 18.6 Å². The van der Waals surface area contributed by atoms with Crippen molar-refractivity contribution in [3.63, 3.8) is 0 Å². The third kappa shape index (κ3) is 2.44. The van der Waals surface area contributed by atoms with Crippen molar-refractivity contribution in [1.29, 1.82) is 0 Å². The molecule has 0 amide bonds. The van der Waals surface area contributed by atoms with E-state index in [-0.39, 0.29) is 18.3 Å². The monoisotopic (exact) mass is 290 g/mol. The van der Waals surface area contributed by atoms with Crippen LogP contribution in [0.2, 0.25) is 0 Å². The zero-order chi connectivity index (χ0) is 13.9. The highest BCUT2D eigenvalue weighted by atomic mass is 32.2. The van der Waals surface area contributed by atoms with E-state index in [1.54, 1.807) is 0 Å². The molecule has 1 heterocycles. The second kappa shape index (κ2) is 4.16. The second-order valence-electron chi connectivity index (χ2n) is 6.61. The summed E-state index contributed by atoms with van der Waals surface area (Å²) in [5.41, 5.74) is -0.344. The first-order chi connectivity index (χ1) is 8.70. The summed E-state index contributed by atoms with van der Waals surface area (Å²) in [6.45, 7) is 4.04. The van der Waals surface area contributed by atoms with Gasteiger partial charge in [-0.3, -0.25) is 4.18 Å². The Morgan fingerprint density at radius 1 is 1.26 bits per heavy atom. The van der Waals surface area contributed by atoms with Crippen LogP contribution in [0.5, 0.6) is 0 Å². The van der Waals surface area contributed by atoms with E-state index < -0.39 is 15.9 Å². The van der Waals surface area contributed by atoms with Crippen LogP contribution in [0, 0.1) is 11.8 Å². The van der Waals surface area contributed by atoms with Crippen LogP contribution in [0.25, 0.3) is 0 Å². The predicted octanol–water partition coefficient (Wildman–Crippen LogP) is 1.67. The van der Waals surface area contributed by atoms with E-state index in [1.807, 2.05) is 13.8 Å². The lowest BCUT2D eigenvalue weighted by Crippen LogP contribution is -2.58. The summed E-state index contributed by atoms with van der Waals surface area (Å²) in [7, 11) is -3.39. The molecular formula is C13H22O5S.